The van der Waals surface area contributed by atoms with Gasteiger partial charge in [-0.15, -0.1) is 0 Å². The summed E-state index contributed by atoms with van der Waals surface area (Å²) in [5.41, 5.74) is 7.43. The number of benzene rings is 1. The largest absolute Gasteiger partial charge is 0.389 e. The molecule has 0 aliphatic heterocycles. The topological polar surface area (TPSA) is 58.4 Å². The van der Waals surface area contributed by atoms with Crippen LogP contribution in [0, 0.1) is 0 Å². The summed E-state index contributed by atoms with van der Waals surface area (Å²) >= 11 is 8.49. The van der Waals surface area contributed by atoms with Gasteiger partial charge >= 0.3 is 0 Å². The van der Waals surface area contributed by atoms with Crippen LogP contribution in [0.15, 0.2) is 22.7 Å². The first-order valence-electron chi connectivity index (χ1n) is 6.04. The van der Waals surface area contributed by atoms with E-state index >= 15 is 0 Å². The lowest BCUT2D eigenvalue weighted by molar-refractivity contribution is -0.119. The number of rotatable bonds is 6. The van der Waals surface area contributed by atoms with Crippen LogP contribution in [-0.2, 0) is 4.79 Å². The van der Waals surface area contributed by atoms with Crippen molar-refractivity contribution in [2.45, 2.75) is 13.3 Å². The predicted octanol–water partition coefficient (Wildman–Crippen LogP) is 2.05. The summed E-state index contributed by atoms with van der Waals surface area (Å²) in [4.78, 5) is 13.9. The molecule has 4 nitrogen and oxygen atoms in total. The van der Waals surface area contributed by atoms with Gasteiger partial charge in [0.15, 0.2) is 0 Å². The van der Waals surface area contributed by atoms with E-state index in [9.17, 15) is 4.79 Å². The Morgan fingerprint density at radius 1 is 1.53 bits per heavy atom. The average Bonchev–Trinajstić information content (AvgIpc) is 2.38. The number of amides is 1. The molecule has 19 heavy (non-hydrogen) atoms. The number of anilines is 1. The van der Waals surface area contributed by atoms with Gasteiger partial charge in [-0.05, 0) is 24.6 Å². The van der Waals surface area contributed by atoms with Gasteiger partial charge in [-0.25, -0.2) is 0 Å². The molecule has 3 N–H and O–H groups in total. The molecule has 0 aromatic heterocycles. The molecule has 0 saturated heterocycles. The predicted molar refractivity (Wildman–Crippen MR) is 86.6 cm³/mol. The molecule has 0 aliphatic rings. The highest BCUT2D eigenvalue weighted by atomic mass is 79.9. The second kappa shape index (κ2) is 7.45. The van der Waals surface area contributed by atoms with Crippen LogP contribution in [0.5, 0.6) is 0 Å². The molecule has 104 valence electrons. The van der Waals surface area contributed by atoms with E-state index in [0.29, 0.717) is 11.5 Å². The Balaban J connectivity index is 3.14. The summed E-state index contributed by atoms with van der Waals surface area (Å²) in [6, 6.07) is 5.73. The zero-order valence-corrected chi connectivity index (χ0v) is 13.5. The van der Waals surface area contributed by atoms with Crippen molar-refractivity contribution in [2.75, 3.05) is 25.0 Å². The number of hydrogen-bond donors (Lipinski definition) is 2. The molecule has 1 amide bonds. The Kier molecular flexibility index (Phi) is 6.24. The van der Waals surface area contributed by atoms with E-state index in [2.05, 4.69) is 28.2 Å². The monoisotopic (exact) mass is 343 g/mol. The third-order valence-corrected chi connectivity index (χ3v) is 3.38. The number of nitrogens with two attached hydrogens (primary N) is 1. The van der Waals surface area contributed by atoms with E-state index in [0.717, 1.165) is 28.7 Å². The van der Waals surface area contributed by atoms with Crippen molar-refractivity contribution in [3.05, 3.63) is 28.2 Å². The number of halogens is 1. The minimum absolute atomic E-state index is 0.0368. The smallest absolute Gasteiger partial charge is 0.239 e. The molecular weight excluding hydrogens is 326 g/mol. The zero-order valence-electron chi connectivity index (χ0n) is 11.1. The van der Waals surface area contributed by atoms with E-state index in [-0.39, 0.29) is 5.91 Å². The van der Waals surface area contributed by atoms with Gasteiger partial charge < -0.3 is 16.0 Å². The number of carbonyl (C=O) groups is 1. The Bertz CT molecular complexity index is 479. The maximum absolute atomic E-state index is 11.6. The molecule has 0 aliphatic carbocycles. The fraction of sp³-hybridized carbons (Fsp3) is 0.385. The molecule has 0 atom stereocenters. The Hall–Kier alpha value is -1.14. The maximum atomic E-state index is 11.6. The lowest BCUT2D eigenvalue weighted by Crippen LogP contribution is -2.37. The third-order valence-electron chi connectivity index (χ3n) is 2.67. The SMILES string of the molecule is CCCN(CC(=O)NC)c1ccc(Br)cc1C(N)=S. The molecule has 0 unspecified atom stereocenters. The van der Waals surface area contributed by atoms with Crippen LogP contribution in [0.2, 0.25) is 0 Å². The second-order valence-corrected chi connectivity index (χ2v) is 5.48. The molecule has 0 saturated carbocycles. The van der Waals surface area contributed by atoms with Crippen LogP contribution >= 0.6 is 28.1 Å². The molecule has 0 fully saturated rings. The molecule has 1 rings (SSSR count). The lowest BCUT2D eigenvalue weighted by atomic mass is 10.1. The first-order valence-corrected chi connectivity index (χ1v) is 7.24. The van der Waals surface area contributed by atoms with Gasteiger partial charge in [0.05, 0.1) is 6.54 Å². The van der Waals surface area contributed by atoms with Gasteiger partial charge in [0.25, 0.3) is 0 Å². The van der Waals surface area contributed by atoms with Crippen LogP contribution in [0.25, 0.3) is 0 Å². The molecule has 1 aromatic carbocycles. The van der Waals surface area contributed by atoms with Crippen molar-refractivity contribution >= 4 is 44.7 Å². The van der Waals surface area contributed by atoms with Crippen LogP contribution in [0.3, 0.4) is 0 Å². The molecule has 0 heterocycles. The molecule has 0 bridgehead atoms. The molecule has 0 radical (unpaired) electrons. The summed E-state index contributed by atoms with van der Waals surface area (Å²) < 4.78 is 0.912. The highest BCUT2D eigenvalue weighted by molar-refractivity contribution is 9.10. The van der Waals surface area contributed by atoms with Crippen LogP contribution in [-0.4, -0.2) is 31.0 Å². The lowest BCUT2D eigenvalue weighted by Gasteiger charge is -2.25. The minimum atomic E-state index is -0.0368. The van der Waals surface area contributed by atoms with Crippen molar-refractivity contribution in [2.24, 2.45) is 5.73 Å². The summed E-state index contributed by atoms with van der Waals surface area (Å²) in [6.07, 6.45) is 0.934. The van der Waals surface area contributed by atoms with Gasteiger partial charge in [0.1, 0.15) is 4.99 Å². The van der Waals surface area contributed by atoms with Gasteiger partial charge in [-0.1, -0.05) is 35.1 Å². The summed E-state index contributed by atoms with van der Waals surface area (Å²) in [5, 5.41) is 2.63. The fourth-order valence-corrected chi connectivity index (χ4v) is 2.31. The number of hydrogen-bond acceptors (Lipinski definition) is 3. The normalized spacial score (nSPS) is 10.1. The Morgan fingerprint density at radius 3 is 2.74 bits per heavy atom. The van der Waals surface area contributed by atoms with Gasteiger partial charge in [-0.2, -0.15) is 0 Å². The van der Waals surface area contributed by atoms with E-state index in [1.54, 1.807) is 7.05 Å². The van der Waals surface area contributed by atoms with E-state index < -0.39 is 0 Å². The van der Waals surface area contributed by atoms with Crippen LogP contribution in [0.4, 0.5) is 5.69 Å². The molecular formula is C13H18BrN3OS. The highest BCUT2D eigenvalue weighted by Crippen LogP contribution is 2.25. The highest BCUT2D eigenvalue weighted by Gasteiger charge is 2.15. The van der Waals surface area contributed by atoms with Crippen molar-refractivity contribution < 1.29 is 4.79 Å². The summed E-state index contributed by atoms with van der Waals surface area (Å²) in [6.45, 7) is 3.13. The standard InChI is InChI=1S/C13H18BrN3OS/c1-3-6-17(8-12(18)16-2)11-5-4-9(14)7-10(11)13(15)19/h4-5,7H,3,6,8H2,1-2H3,(H2,15,19)(H,16,18). The fourth-order valence-electron chi connectivity index (χ4n) is 1.79. The summed E-state index contributed by atoms with van der Waals surface area (Å²) in [7, 11) is 1.63. The molecule has 1 aromatic rings. The Morgan fingerprint density at radius 2 is 2.21 bits per heavy atom. The first-order chi connectivity index (χ1) is 8.99. The van der Waals surface area contributed by atoms with E-state index in [1.165, 1.54) is 0 Å². The number of nitrogens with one attached hydrogen (secondary N) is 1. The third kappa shape index (κ3) is 4.47. The van der Waals surface area contributed by atoms with Crippen molar-refractivity contribution in [1.82, 2.24) is 5.32 Å². The quantitative estimate of drug-likeness (QED) is 0.776. The van der Waals surface area contributed by atoms with Crippen molar-refractivity contribution in [3.8, 4) is 0 Å². The number of thiocarbonyl (C=S) groups is 1. The number of likely N-dealkylation sites (N-methyl/N-ethyl adjacent to an activating group) is 1. The zero-order chi connectivity index (χ0) is 14.4. The molecule has 0 spiro atoms. The van der Waals surface area contributed by atoms with Crippen molar-refractivity contribution in [3.63, 3.8) is 0 Å². The van der Waals surface area contributed by atoms with Crippen LogP contribution < -0.4 is 16.0 Å². The molecule has 6 heteroatoms. The average molecular weight is 344 g/mol. The van der Waals surface area contributed by atoms with Crippen LogP contribution in [0.1, 0.15) is 18.9 Å². The van der Waals surface area contributed by atoms with E-state index in [1.807, 2.05) is 23.1 Å². The summed E-state index contributed by atoms with van der Waals surface area (Å²) in [5.74, 6) is -0.0368. The van der Waals surface area contributed by atoms with Gasteiger partial charge in [-0.3, -0.25) is 4.79 Å². The first kappa shape index (κ1) is 15.9. The second-order valence-electron chi connectivity index (χ2n) is 4.12. The van der Waals surface area contributed by atoms with E-state index in [4.69, 9.17) is 18.0 Å². The maximum Gasteiger partial charge on any atom is 0.239 e. The number of nitrogens with zero attached hydrogens (tertiary/aromatic N) is 1. The van der Waals surface area contributed by atoms with Crippen molar-refractivity contribution in [1.29, 1.82) is 0 Å². The van der Waals surface area contributed by atoms with Gasteiger partial charge in [0, 0.05) is 29.3 Å². The van der Waals surface area contributed by atoms with Gasteiger partial charge in [0.2, 0.25) is 5.91 Å². The minimum Gasteiger partial charge on any atom is -0.389 e. The number of carbonyl (C=O) groups excluding carboxylic acids is 1. The Labute approximate surface area is 127 Å².